The number of hydrogen-bond acceptors (Lipinski definition) is 3. The molecule has 3 N–H and O–H groups in total. The largest absolute Gasteiger partial charge is 0.481 e. The number of rotatable bonds is 6. The van der Waals surface area contributed by atoms with Crippen molar-refractivity contribution in [1.82, 2.24) is 0 Å². The van der Waals surface area contributed by atoms with Crippen molar-refractivity contribution in [3.05, 3.63) is 0 Å². The van der Waals surface area contributed by atoms with E-state index in [4.69, 9.17) is 10.8 Å². The molecule has 0 saturated carbocycles. The highest BCUT2D eigenvalue weighted by Gasteiger charge is 2.16. The summed E-state index contributed by atoms with van der Waals surface area (Å²) in [4.78, 5) is 10.4. The first-order valence-corrected chi connectivity index (χ1v) is 5.57. The Morgan fingerprint density at radius 2 is 2.00 bits per heavy atom. The maximum atomic E-state index is 10.4. The SMILES string of the molecule is CC(C)CS[C@@H](C)[C@H](N)CC(=O)O. The zero-order valence-corrected chi connectivity index (χ0v) is 9.30. The summed E-state index contributed by atoms with van der Waals surface area (Å²) in [5.41, 5.74) is 5.70. The van der Waals surface area contributed by atoms with Crippen LogP contribution in [0.15, 0.2) is 0 Å². The van der Waals surface area contributed by atoms with E-state index in [1.807, 2.05) is 6.92 Å². The second-order valence-electron chi connectivity index (χ2n) is 3.69. The molecule has 0 radical (unpaired) electrons. The van der Waals surface area contributed by atoms with E-state index in [-0.39, 0.29) is 17.7 Å². The summed E-state index contributed by atoms with van der Waals surface area (Å²) in [6.45, 7) is 6.27. The summed E-state index contributed by atoms with van der Waals surface area (Å²) in [6, 6.07) is -0.235. The predicted molar refractivity (Wildman–Crippen MR) is 57.0 cm³/mol. The molecule has 0 fully saturated rings. The third kappa shape index (κ3) is 6.90. The maximum Gasteiger partial charge on any atom is 0.304 e. The average molecular weight is 205 g/mol. The van der Waals surface area contributed by atoms with Gasteiger partial charge in [-0.2, -0.15) is 11.8 Å². The Balaban J connectivity index is 3.68. The Labute approximate surface area is 84.1 Å². The van der Waals surface area contributed by atoms with Crippen molar-refractivity contribution in [2.24, 2.45) is 11.7 Å². The summed E-state index contributed by atoms with van der Waals surface area (Å²) in [5.74, 6) is 0.850. The van der Waals surface area contributed by atoms with Gasteiger partial charge in [-0.05, 0) is 11.7 Å². The van der Waals surface area contributed by atoms with E-state index in [0.717, 1.165) is 5.75 Å². The van der Waals surface area contributed by atoms with E-state index in [9.17, 15) is 4.79 Å². The molecule has 0 spiro atoms. The fourth-order valence-electron chi connectivity index (χ4n) is 0.835. The van der Waals surface area contributed by atoms with Crippen LogP contribution in [0.3, 0.4) is 0 Å². The molecule has 0 amide bonds. The first-order chi connectivity index (χ1) is 5.93. The van der Waals surface area contributed by atoms with Crippen LogP contribution >= 0.6 is 11.8 Å². The van der Waals surface area contributed by atoms with Gasteiger partial charge in [0, 0.05) is 11.3 Å². The van der Waals surface area contributed by atoms with Gasteiger partial charge in [0.15, 0.2) is 0 Å². The molecule has 13 heavy (non-hydrogen) atoms. The Kier molecular flexibility index (Phi) is 6.16. The molecule has 78 valence electrons. The second kappa shape index (κ2) is 6.27. The average Bonchev–Trinajstić information content (AvgIpc) is 1.98. The molecule has 0 bridgehead atoms. The fourth-order valence-corrected chi connectivity index (χ4v) is 1.87. The van der Waals surface area contributed by atoms with Gasteiger partial charge in [0.2, 0.25) is 0 Å². The highest BCUT2D eigenvalue weighted by molar-refractivity contribution is 7.99. The molecule has 4 heteroatoms. The number of carboxylic acid groups (broad SMARTS) is 1. The van der Waals surface area contributed by atoms with Gasteiger partial charge in [-0.15, -0.1) is 0 Å². The Morgan fingerprint density at radius 3 is 2.38 bits per heavy atom. The van der Waals surface area contributed by atoms with Gasteiger partial charge in [-0.3, -0.25) is 4.79 Å². The molecule has 2 atom stereocenters. The van der Waals surface area contributed by atoms with E-state index in [1.54, 1.807) is 11.8 Å². The van der Waals surface area contributed by atoms with Crippen LogP contribution in [0, 0.1) is 5.92 Å². The van der Waals surface area contributed by atoms with Gasteiger partial charge in [0.05, 0.1) is 6.42 Å². The normalized spacial score (nSPS) is 15.8. The van der Waals surface area contributed by atoms with Gasteiger partial charge < -0.3 is 10.8 Å². The van der Waals surface area contributed by atoms with E-state index < -0.39 is 5.97 Å². The summed E-state index contributed by atoms with van der Waals surface area (Å²) in [6.07, 6.45) is 0.0618. The second-order valence-corrected chi connectivity index (χ2v) is 5.10. The van der Waals surface area contributed by atoms with Crippen molar-refractivity contribution in [3.8, 4) is 0 Å². The standard InChI is InChI=1S/C9H19NO2S/c1-6(2)5-13-7(3)8(10)4-9(11)12/h6-8H,4-5,10H2,1-3H3,(H,11,12)/t7-,8+/m0/s1. The van der Waals surface area contributed by atoms with Crippen molar-refractivity contribution < 1.29 is 9.90 Å². The molecule has 0 aliphatic rings. The smallest absolute Gasteiger partial charge is 0.304 e. The van der Waals surface area contributed by atoms with E-state index >= 15 is 0 Å². The minimum absolute atomic E-state index is 0.0618. The number of hydrogen-bond donors (Lipinski definition) is 2. The summed E-state index contributed by atoms with van der Waals surface area (Å²) in [5, 5.41) is 8.74. The van der Waals surface area contributed by atoms with Crippen molar-refractivity contribution >= 4 is 17.7 Å². The first-order valence-electron chi connectivity index (χ1n) is 4.52. The molecule has 0 saturated heterocycles. The zero-order valence-electron chi connectivity index (χ0n) is 8.49. The minimum Gasteiger partial charge on any atom is -0.481 e. The molecule has 3 nitrogen and oxygen atoms in total. The number of nitrogens with two attached hydrogens (primary N) is 1. The van der Waals surface area contributed by atoms with Gasteiger partial charge in [-0.25, -0.2) is 0 Å². The summed E-state index contributed by atoms with van der Waals surface area (Å²) >= 11 is 1.75. The number of thioether (sulfide) groups is 1. The third-order valence-electron chi connectivity index (χ3n) is 1.71. The van der Waals surface area contributed by atoms with Crippen LogP contribution in [0.25, 0.3) is 0 Å². The zero-order chi connectivity index (χ0) is 10.4. The summed E-state index contributed by atoms with van der Waals surface area (Å²) in [7, 11) is 0. The highest BCUT2D eigenvalue weighted by atomic mass is 32.2. The van der Waals surface area contributed by atoms with Crippen LogP contribution in [0.1, 0.15) is 27.2 Å². The molecule has 0 unspecified atom stereocenters. The molecule has 0 rings (SSSR count). The number of carboxylic acids is 1. The third-order valence-corrected chi connectivity index (χ3v) is 3.44. The lowest BCUT2D eigenvalue weighted by molar-refractivity contribution is -0.137. The number of aliphatic carboxylic acids is 1. The molecule has 0 aromatic carbocycles. The van der Waals surface area contributed by atoms with Crippen LogP contribution in [0.5, 0.6) is 0 Å². The van der Waals surface area contributed by atoms with Crippen molar-refractivity contribution in [3.63, 3.8) is 0 Å². The highest BCUT2D eigenvalue weighted by Crippen LogP contribution is 2.17. The summed E-state index contributed by atoms with van der Waals surface area (Å²) < 4.78 is 0. The van der Waals surface area contributed by atoms with Gasteiger partial charge in [0.1, 0.15) is 0 Å². The first kappa shape index (κ1) is 12.8. The molecule has 0 aromatic rings. The quantitative estimate of drug-likeness (QED) is 0.691. The van der Waals surface area contributed by atoms with Crippen molar-refractivity contribution in [1.29, 1.82) is 0 Å². The Hall–Kier alpha value is -0.220. The topological polar surface area (TPSA) is 63.3 Å². The van der Waals surface area contributed by atoms with Crippen LogP contribution in [0.4, 0.5) is 0 Å². The Morgan fingerprint density at radius 1 is 1.46 bits per heavy atom. The van der Waals surface area contributed by atoms with Crippen LogP contribution in [-0.2, 0) is 4.79 Å². The fraction of sp³-hybridized carbons (Fsp3) is 0.889. The lowest BCUT2D eigenvalue weighted by Gasteiger charge is -2.18. The van der Waals surface area contributed by atoms with E-state index in [0.29, 0.717) is 5.92 Å². The van der Waals surface area contributed by atoms with Crippen molar-refractivity contribution in [2.75, 3.05) is 5.75 Å². The predicted octanol–water partition coefficient (Wildman–Crippen LogP) is 1.57. The maximum absolute atomic E-state index is 10.4. The molecular formula is C9H19NO2S. The van der Waals surface area contributed by atoms with Crippen molar-refractivity contribution in [2.45, 2.75) is 38.5 Å². The molecule has 0 heterocycles. The lowest BCUT2D eigenvalue weighted by Crippen LogP contribution is -2.33. The lowest BCUT2D eigenvalue weighted by atomic mass is 10.2. The van der Waals surface area contributed by atoms with Crippen LogP contribution in [0.2, 0.25) is 0 Å². The molecule has 0 aromatic heterocycles. The minimum atomic E-state index is -0.815. The molecular weight excluding hydrogens is 186 g/mol. The van der Waals surface area contributed by atoms with E-state index in [1.165, 1.54) is 0 Å². The monoisotopic (exact) mass is 205 g/mol. The Bertz CT molecular complexity index is 162. The van der Waals surface area contributed by atoms with Gasteiger partial charge >= 0.3 is 5.97 Å². The van der Waals surface area contributed by atoms with Crippen LogP contribution < -0.4 is 5.73 Å². The van der Waals surface area contributed by atoms with Gasteiger partial charge in [-0.1, -0.05) is 20.8 Å². The number of carbonyl (C=O) groups is 1. The van der Waals surface area contributed by atoms with Crippen LogP contribution in [-0.4, -0.2) is 28.1 Å². The molecule has 0 aliphatic carbocycles. The van der Waals surface area contributed by atoms with Gasteiger partial charge in [0.25, 0.3) is 0 Å². The van der Waals surface area contributed by atoms with E-state index in [2.05, 4.69) is 13.8 Å². The molecule has 0 aliphatic heterocycles.